The van der Waals surface area contributed by atoms with Crippen LogP contribution in [0.1, 0.15) is 15.9 Å². The molecule has 1 amide bonds. The molecule has 0 aliphatic rings. The summed E-state index contributed by atoms with van der Waals surface area (Å²) in [5.41, 5.74) is 2.07. The number of nitrogens with zero attached hydrogens (tertiary/aromatic N) is 2. The number of benzene rings is 2. The molecule has 2 rings (SSSR count). The van der Waals surface area contributed by atoms with Crippen LogP contribution in [-0.2, 0) is 0 Å². The Morgan fingerprint density at radius 2 is 1.91 bits per heavy atom. The molecule has 0 unspecified atom stereocenters. The monoisotopic (exact) mass is 333 g/mol. The zero-order valence-electron chi connectivity index (χ0n) is 13.0. The molecule has 0 radical (unpaired) electrons. The number of anilines is 2. The topological polar surface area (TPSA) is 75.5 Å². The predicted octanol–water partition coefficient (Wildman–Crippen LogP) is 3.87. The minimum Gasteiger partial charge on any atom is -0.377 e. The number of carbonyl (C=O) groups is 1. The van der Waals surface area contributed by atoms with Gasteiger partial charge in [0.25, 0.3) is 11.6 Å². The van der Waals surface area contributed by atoms with Crippen molar-refractivity contribution in [3.8, 4) is 0 Å². The van der Waals surface area contributed by atoms with Crippen molar-refractivity contribution in [2.24, 2.45) is 0 Å². The van der Waals surface area contributed by atoms with Gasteiger partial charge in [-0.1, -0.05) is 17.7 Å². The number of non-ortho nitro benzene ring substituents is 1. The minimum absolute atomic E-state index is 0.143. The SMILES string of the molecule is Cc1ccc(NC(=O)c2cc([N+](=O)[O-])ccc2N(C)C)c(Cl)c1. The fourth-order valence-electron chi connectivity index (χ4n) is 2.12. The molecule has 0 fully saturated rings. The predicted molar refractivity (Wildman–Crippen MR) is 91.6 cm³/mol. The smallest absolute Gasteiger partial charge is 0.270 e. The van der Waals surface area contributed by atoms with Crippen molar-refractivity contribution < 1.29 is 9.72 Å². The van der Waals surface area contributed by atoms with E-state index in [4.69, 9.17) is 11.6 Å². The summed E-state index contributed by atoms with van der Waals surface area (Å²) in [7, 11) is 3.52. The standard InChI is InChI=1S/C16H16ClN3O3/c1-10-4-6-14(13(17)8-10)18-16(21)12-9-11(20(22)23)5-7-15(12)19(2)3/h4-9H,1-3H3,(H,18,21). The summed E-state index contributed by atoms with van der Waals surface area (Å²) in [4.78, 5) is 24.7. The third kappa shape index (κ3) is 3.78. The number of nitro benzene ring substituents is 1. The molecule has 0 aliphatic heterocycles. The van der Waals surface area contributed by atoms with Crippen LogP contribution in [0.15, 0.2) is 36.4 Å². The van der Waals surface area contributed by atoms with Crippen molar-refractivity contribution in [1.82, 2.24) is 0 Å². The highest BCUT2D eigenvalue weighted by Crippen LogP contribution is 2.27. The van der Waals surface area contributed by atoms with Gasteiger partial charge in [-0.3, -0.25) is 14.9 Å². The summed E-state index contributed by atoms with van der Waals surface area (Å²) in [6, 6.07) is 9.42. The summed E-state index contributed by atoms with van der Waals surface area (Å²) in [6.45, 7) is 1.89. The van der Waals surface area contributed by atoms with E-state index in [1.54, 1.807) is 37.2 Å². The molecule has 0 aromatic heterocycles. The van der Waals surface area contributed by atoms with Gasteiger partial charge in [-0.25, -0.2) is 0 Å². The van der Waals surface area contributed by atoms with Gasteiger partial charge in [0.1, 0.15) is 0 Å². The van der Waals surface area contributed by atoms with Gasteiger partial charge in [-0.2, -0.15) is 0 Å². The Morgan fingerprint density at radius 3 is 2.48 bits per heavy atom. The van der Waals surface area contributed by atoms with Gasteiger partial charge in [-0.05, 0) is 30.7 Å². The second kappa shape index (κ2) is 6.66. The molecule has 2 aromatic rings. The molecule has 6 nitrogen and oxygen atoms in total. The van der Waals surface area contributed by atoms with Crippen LogP contribution in [0.25, 0.3) is 0 Å². The first-order chi connectivity index (χ1) is 10.8. The second-order valence-electron chi connectivity index (χ2n) is 5.29. The lowest BCUT2D eigenvalue weighted by molar-refractivity contribution is -0.384. The molecule has 0 saturated heterocycles. The molecular weight excluding hydrogens is 318 g/mol. The van der Waals surface area contributed by atoms with Crippen molar-refractivity contribution >= 4 is 34.6 Å². The quantitative estimate of drug-likeness (QED) is 0.680. The Bertz CT molecular complexity index is 775. The molecule has 2 aromatic carbocycles. The molecule has 7 heteroatoms. The lowest BCUT2D eigenvalue weighted by atomic mass is 10.1. The highest BCUT2D eigenvalue weighted by atomic mass is 35.5. The Labute approximate surface area is 138 Å². The maximum absolute atomic E-state index is 12.5. The van der Waals surface area contributed by atoms with Crippen LogP contribution < -0.4 is 10.2 Å². The van der Waals surface area contributed by atoms with Crippen LogP contribution in [0.3, 0.4) is 0 Å². The van der Waals surface area contributed by atoms with Crippen LogP contribution in [0.4, 0.5) is 17.1 Å². The van der Waals surface area contributed by atoms with E-state index in [1.165, 1.54) is 12.1 Å². The van der Waals surface area contributed by atoms with Crippen LogP contribution >= 0.6 is 11.6 Å². The Kier molecular flexibility index (Phi) is 4.86. The molecule has 1 N–H and O–H groups in total. The number of hydrogen-bond acceptors (Lipinski definition) is 4. The lowest BCUT2D eigenvalue weighted by Crippen LogP contribution is -2.19. The van der Waals surface area contributed by atoms with Crippen molar-refractivity contribution in [1.29, 1.82) is 0 Å². The van der Waals surface area contributed by atoms with E-state index in [-0.39, 0.29) is 11.3 Å². The third-order valence-corrected chi connectivity index (χ3v) is 3.60. The summed E-state index contributed by atoms with van der Waals surface area (Å²) in [6.07, 6.45) is 0. The van der Waals surface area contributed by atoms with Crippen LogP contribution in [-0.4, -0.2) is 24.9 Å². The van der Waals surface area contributed by atoms with Gasteiger partial charge < -0.3 is 10.2 Å². The highest BCUT2D eigenvalue weighted by molar-refractivity contribution is 6.34. The van der Waals surface area contributed by atoms with E-state index < -0.39 is 10.8 Å². The number of amides is 1. The molecule has 0 heterocycles. The second-order valence-corrected chi connectivity index (χ2v) is 5.70. The van der Waals surface area contributed by atoms with E-state index in [9.17, 15) is 14.9 Å². The maximum Gasteiger partial charge on any atom is 0.270 e. The first-order valence-corrected chi connectivity index (χ1v) is 7.20. The Hall–Kier alpha value is -2.60. The van der Waals surface area contributed by atoms with Crippen LogP contribution in [0.5, 0.6) is 0 Å². The Morgan fingerprint density at radius 1 is 1.22 bits per heavy atom. The third-order valence-electron chi connectivity index (χ3n) is 3.29. The largest absolute Gasteiger partial charge is 0.377 e. The van der Waals surface area contributed by atoms with Gasteiger partial charge >= 0.3 is 0 Å². The molecule has 120 valence electrons. The summed E-state index contributed by atoms with van der Waals surface area (Å²) in [5.74, 6) is -0.455. The van der Waals surface area contributed by atoms with E-state index in [1.807, 2.05) is 13.0 Å². The number of carbonyl (C=O) groups excluding carboxylic acids is 1. The van der Waals surface area contributed by atoms with Gasteiger partial charge in [0.15, 0.2) is 0 Å². The van der Waals surface area contributed by atoms with Crippen LogP contribution in [0, 0.1) is 17.0 Å². The molecule has 0 aliphatic carbocycles. The first kappa shape index (κ1) is 16.8. The minimum atomic E-state index is -0.533. The van der Waals surface area contributed by atoms with E-state index in [0.717, 1.165) is 5.56 Å². The molecule has 0 bridgehead atoms. The molecular formula is C16H16ClN3O3. The van der Waals surface area contributed by atoms with E-state index in [0.29, 0.717) is 16.4 Å². The number of hydrogen-bond donors (Lipinski definition) is 1. The van der Waals surface area contributed by atoms with Gasteiger partial charge in [0, 0.05) is 31.9 Å². The van der Waals surface area contributed by atoms with Crippen molar-refractivity contribution in [3.05, 3.63) is 62.7 Å². The zero-order valence-corrected chi connectivity index (χ0v) is 13.7. The van der Waals surface area contributed by atoms with E-state index in [2.05, 4.69) is 5.32 Å². The number of rotatable bonds is 4. The van der Waals surface area contributed by atoms with Crippen molar-refractivity contribution in [2.75, 3.05) is 24.3 Å². The summed E-state index contributed by atoms with van der Waals surface area (Å²) >= 11 is 6.11. The Balaban J connectivity index is 2.40. The van der Waals surface area contributed by atoms with Crippen LogP contribution in [0.2, 0.25) is 5.02 Å². The average molecular weight is 334 g/mol. The molecule has 0 atom stereocenters. The van der Waals surface area contributed by atoms with Gasteiger partial charge in [0.2, 0.25) is 0 Å². The van der Waals surface area contributed by atoms with E-state index >= 15 is 0 Å². The maximum atomic E-state index is 12.5. The fraction of sp³-hybridized carbons (Fsp3) is 0.188. The normalized spacial score (nSPS) is 10.3. The van der Waals surface area contributed by atoms with Gasteiger partial charge in [-0.15, -0.1) is 0 Å². The summed E-state index contributed by atoms with van der Waals surface area (Å²) < 4.78 is 0. The van der Waals surface area contributed by atoms with Crippen molar-refractivity contribution in [3.63, 3.8) is 0 Å². The number of aryl methyl sites for hydroxylation is 1. The molecule has 0 spiro atoms. The van der Waals surface area contributed by atoms with Gasteiger partial charge in [0.05, 0.1) is 21.2 Å². The van der Waals surface area contributed by atoms with Crippen molar-refractivity contribution in [2.45, 2.75) is 6.92 Å². The lowest BCUT2D eigenvalue weighted by Gasteiger charge is -2.17. The first-order valence-electron chi connectivity index (χ1n) is 6.83. The fourth-order valence-corrected chi connectivity index (χ4v) is 2.40. The number of nitrogens with one attached hydrogen (secondary N) is 1. The molecule has 23 heavy (non-hydrogen) atoms. The number of nitro groups is 1. The average Bonchev–Trinajstić information content (AvgIpc) is 2.49. The molecule has 0 saturated carbocycles. The summed E-state index contributed by atoms with van der Waals surface area (Å²) in [5, 5.41) is 14.1. The number of halogens is 1. The zero-order chi connectivity index (χ0) is 17.1. The highest BCUT2D eigenvalue weighted by Gasteiger charge is 2.18.